The van der Waals surface area contributed by atoms with Gasteiger partial charge >= 0.3 is 6.09 Å². The van der Waals surface area contributed by atoms with Gasteiger partial charge in [-0.3, -0.25) is 9.59 Å². The largest absolute Gasteiger partial charge is 0.444 e. The highest BCUT2D eigenvalue weighted by atomic mass is 35.5. The molecule has 0 saturated heterocycles. The lowest BCUT2D eigenvalue weighted by Gasteiger charge is -2.27. The van der Waals surface area contributed by atoms with E-state index in [9.17, 15) is 14.4 Å². The molecule has 194 valence electrons. The molecule has 1 aliphatic rings. The van der Waals surface area contributed by atoms with E-state index < -0.39 is 17.7 Å². The van der Waals surface area contributed by atoms with Gasteiger partial charge in [0.15, 0.2) is 5.78 Å². The molecule has 0 radical (unpaired) electrons. The van der Waals surface area contributed by atoms with Crippen LogP contribution in [0.1, 0.15) is 63.9 Å². The number of nitrogens with zero attached hydrogens (tertiary/aromatic N) is 1. The van der Waals surface area contributed by atoms with Crippen LogP contribution in [0.25, 0.3) is 0 Å². The molecule has 3 rings (SSSR count). The zero-order valence-corrected chi connectivity index (χ0v) is 23.3. The molecule has 0 bridgehead atoms. The highest BCUT2D eigenvalue weighted by molar-refractivity contribution is 7.99. The van der Waals surface area contributed by atoms with Crippen LogP contribution in [0.15, 0.2) is 47.4 Å². The second-order valence-corrected chi connectivity index (χ2v) is 12.1. The summed E-state index contributed by atoms with van der Waals surface area (Å²) in [6.07, 6.45) is -0.199. The highest BCUT2D eigenvalue weighted by Gasteiger charge is 2.33. The fraction of sp³-hybridized carbons (Fsp3) is 0.464. The van der Waals surface area contributed by atoms with E-state index in [4.69, 9.17) is 16.3 Å². The third-order valence-electron chi connectivity index (χ3n) is 6.13. The van der Waals surface area contributed by atoms with Crippen molar-refractivity contribution in [3.05, 3.63) is 58.6 Å². The van der Waals surface area contributed by atoms with Crippen molar-refractivity contribution >= 4 is 46.8 Å². The fourth-order valence-corrected chi connectivity index (χ4v) is 4.89. The summed E-state index contributed by atoms with van der Waals surface area (Å²) in [6.45, 7) is 11.9. The van der Waals surface area contributed by atoms with Crippen LogP contribution in [0.3, 0.4) is 0 Å². The van der Waals surface area contributed by atoms with Crippen LogP contribution in [0, 0.1) is 11.8 Å². The highest BCUT2D eigenvalue weighted by Crippen LogP contribution is 2.37. The molecule has 8 heteroatoms. The van der Waals surface area contributed by atoms with Crippen LogP contribution in [-0.4, -0.2) is 35.2 Å². The number of alkyl carbamates (subject to hydrolysis) is 1. The number of carbonyl (C=O) groups excluding carboxylic acids is 3. The van der Waals surface area contributed by atoms with E-state index in [0.29, 0.717) is 34.4 Å². The number of hydrogen-bond acceptors (Lipinski definition) is 5. The van der Waals surface area contributed by atoms with E-state index in [2.05, 4.69) is 26.1 Å². The van der Waals surface area contributed by atoms with Crippen molar-refractivity contribution < 1.29 is 19.1 Å². The lowest BCUT2D eigenvalue weighted by molar-refractivity contribution is -0.120. The summed E-state index contributed by atoms with van der Waals surface area (Å²) in [4.78, 5) is 41.8. The molecule has 0 fully saturated rings. The number of carbonyl (C=O) groups is 3. The van der Waals surface area contributed by atoms with E-state index in [1.807, 2.05) is 24.3 Å². The standard InChI is InChI=1S/C28H35ClN2O4S/c1-17(2)18(3)13-24(32)20-9-12-25-23(14-20)31(15-19-7-10-21(29)11-8-19)26(33)22(16-36-25)30-27(34)35-28(4,5)6/h7-12,14,17-18,22H,13,15-16H2,1-6H3,(H,30,34)/t18?,22-/m0/s1. The van der Waals surface area contributed by atoms with Gasteiger partial charge in [0.2, 0.25) is 0 Å². The number of thioether (sulfide) groups is 1. The van der Waals surface area contributed by atoms with Crippen molar-refractivity contribution in [3.63, 3.8) is 0 Å². The van der Waals surface area contributed by atoms with Crippen LogP contribution in [-0.2, 0) is 16.1 Å². The zero-order chi connectivity index (χ0) is 26.6. The van der Waals surface area contributed by atoms with Crippen LogP contribution in [0.5, 0.6) is 0 Å². The quantitative estimate of drug-likeness (QED) is 0.401. The number of amides is 2. The van der Waals surface area contributed by atoms with Gasteiger partial charge in [-0.2, -0.15) is 0 Å². The van der Waals surface area contributed by atoms with E-state index >= 15 is 0 Å². The van der Waals surface area contributed by atoms with Gasteiger partial charge in [-0.25, -0.2) is 4.79 Å². The summed E-state index contributed by atoms with van der Waals surface area (Å²) in [7, 11) is 0. The van der Waals surface area contributed by atoms with Gasteiger partial charge in [0.1, 0.15) is 11.6 Å². The van der Waals surface area contributed by atoms with Crippen molar-refractivity contribution in [2.24, 2.45) is 11.8 Å². The molecule has 1 heterocycles. The van der Waals surface area contributed by atoms with Crippen molar-refractivity contribution in [2.45, 2.75) is 71.0 Å². The molecule has 1 aliphatic heterocycles. The number of benzene rings is 2. The van der Waals surface area contributed by atoms with Gasteiger partial charge in [-0.1, -0.05) is 50.6 Å². The number of rotatable bonds is 7. The SMILES string of the molecule is CC(C)C(C)CC(=O)c1ccc2c(c1)N(Cc1ccc(Cl)cc1)C(=O)[C@@H](NC(=O)OC(C)(C)C)CS2. The van der Waals surface area contributed by atoms with Crippen molar-refractivity contribution in [3.8, 4) is 0 Å². The Morgan fingerprint density at radius 3 is 2.42 bits per heavy atom. The smallest absolute Gasteiger partial charge is 0.408 e. The van der Waals surface area contributed by atoms with Gasteiger partial charge in [0.25, 0.3) is 5.91 Å². The summed E-state index contributed by atoms with van der Waals surface area (Å²) in [5, 5.41) is 3.34. The minimum absolute atomic E-state index is 0.0515. The molecular formula is C28H35ClN2O4S. The topological polar surface area (TPSA) is 75.7 Å². The maximum Gasteiger partial charge on any atom is 0.408 e. The monoisotopic (exact) mass is 530 g/mol. The molecule has 1 N–H and O–H groups in total. The number of ketones is 1. The predicted molar refractivity (Wildman–Crippen MR) is 146 cm³/mol. The maximum absolute atomic E-state index is 13.8. The Kier molecular flexibility index (Phi) is 9.12. The third-order valence-corrected chi connectivity index (χ3v) is 7.54. The van der Waals surface area contributed by atoms with Crippen LogP contribution in [0.4, 0.5) is 10.5 Å². The first kappa shape index (κ1) is 28.1. The molecule has 0 aromatic heterocycles. The molecule has 2 atom stereocenters. The number of fused-ring (bicyclic) bond motifs is 1. The van der Waals surface area contributed by atoms with Gasteiger partial charge in [-0.05, 0) is 62.4 Å². The van der Waals surface area contributed by atoms with E-state index in [1.165, 1.54) is 11.8 Å². The van der Waals surface area contributed by atoms with Gasteiger partial charge < -0.3 is 15.0 Å². The molecule has 2 aromatic carbocycles. The Bertz CT molecular complexity index is 1110. The summed E-state index contributed by atoms with van der Waals surface area (Å²) in [5.74, 6) is 0.783. The second-order valence-electron chi connectivity index (χ2n) is 10.6. The molecule has 0 spiro atoms. The normalized spacial score (nSPS) is 16.8. The summed E-state index contributed by atoms with van der Waals surface area (Å²) >= 11 is 7.53. The molecule has 0 saturated carbocycles. The zero-order valence-electron chi connectivity index (χ0n) is 21.8. The predicted octanol–water partition coefficient (Wildman–Crippen LogP) is 6.74. The average Bonchev–Trinajstić information content (AvgIpc) is 2.91. The average molecular weight is 531 g/mol. The fourth-order valence-electron chi connectivity index (χ4n) is 3.71. The molecule has 1 unspecified atom stereocenters. The Morgan fingerprint density at radius 2 is 1.81 bits per heavy atom. The van der Waals surface area contributed by atoms with Crippen LogP contribution in [0.2, 0.25) is 5.02 Å². The van der Waals surface area contributed by atoms with Crippen LogP contribution < -0.4 is 10.2 Å². The first-order chi connectivity index (χ1) is 16.8. The lowest BCUT2D eigenvalue weighted by atomic mass is 9.90. The maximum atomic E-state index is 13.8. The second kappa shape index (κ2) is 11.7. The van der Waals surface area contributed by atoms with Crippen molar-refractivity contribution in [1.29, 1.82) is 0 Å². The summed E-state index contributed by atoms with van der Waals surface area (Å²) in [6, 6.07) is 12.0. The van der Waals surface area contributed by atoms with Crippen molar-refractivity contribution in [2.75, 3.05) is 10.7 Å². The Hall–Kier alpha value is -2.51. The molecule has 2 amide bonds. The minimum Gasteiger partial charge on any atom is -0.444 e. The summed E-state index contributed by atoms with van der Waals surface area (Å²) < 4.78 is 5.39. The molecule has 6 nitrogen and oxygen atoms in total. The molecular weight excluding hydrogens is 496 g/mol. The minimum atomic E-state index is -0.787. The first-order valence-corrected chi connectivity index (χ1v) is 13.6. The Balaban J connectivity index is 1.95. The van der Waals surface area contributed by atoms with Crippen molar-refractivity contribution in [1.82, 2.24) is 5.32 Å². The third kappa shape index (κ3) is 7.50. The number of anilines is 1. The Labute approximate surface area is 223 Å². The van der Waals surface area contributed by atoms with Gasteiger partial charge in [0, 0.05) is 27.7 Å². The van der Waals surface area contributed by atoms with Crippen LogP contribution >= 0.6 is 23.4 Å². The van der Waals surface area contributed by atoms with Gasteiger partial charge in [0.05, 0.1) is 12.2 Å². The molecule has 0 aliphatic carbocycles. The van der Waals surface area contributed by atoms with E-state index in [0.717, 1.165) is 10.5 Å². The number of Topliss-reactive ketones (excluding diaryl/α,β-unsaturated/α-hetero) is 1. The number of hydrogen-bond donors (Lipinski definition) is 1. The van der Waals surface area contributed by atoms with E-state index in [-0.39, 0.29) is 24.2 Å². The number of nitrogens with one attached hydrogen (secondary N) is 1. The first-order valence-electron chi connectivity index (χ1n) is 12.2. The van der Waals surface area contributed by atoms with E-state index in [1.54, 1.807) is 43.9 Å². The Morgan fingerprint density at radius 1 is 1.14 bits per heavy atom. The lowest BCUT2D eigenvalue weighted by Crippen LogP contribution is -2.50. The number of ether oxygens (including phenoxy) is 1. The molecule has 36 heavy (non-hydrogen) atoms. The number of halogens is 1. The molecule has 2 aromatic rings. The van der Waals surface area contributed by atoms with Gasteiger partial charge in [-0.15, -0.1) is 11.8 Å². The summed E-state index contributed by atoms with van der Waals surface area (Å²) in [5.41, 5.74) is 1.44.